The number of aliphatic hydroxyl groups is 3. The highest BCUT2D eigenvalue weighted by atomic mass is 35.5. The molecule has 0 bridgehead atoms. The molecule has 0 radical (unpaired) electrons. The fourth-order valence-electron chi connectivity index (χ4n) is 1.85. The summed E-state index contributed by atoms with van der Waals surface area (Å²) in [7, 11) is 0. The number of nitrogens with one attached hydrogen (secondary N) is 1. The van der Waals surface area contributed by atoms with E-state index in [4.69, 9.17) is 4.74 Å². The minimum absolute atomic E-state index is 0.138. The lowest BCUT2D eigenvalue weighted by Crippen LogP contribution is -2.55. The lowest BCUT2D eigenvalue weighted by Gasteiger charge is -2.35. The summed E-state index contributed by atoms with van der Waals surface area (Å²) in [6.07, 6.45) is -4.78. The van der Waals surface area contributed by atoms with E-state index in [0.29, 0.717) is 5.69 Å². The topological polar surface area (TPSA) is 91.2 Å². The molecule has 4 N–H and O–H groups in total. The molecule has 0 aromatic heterocycles. The van der Waals surface area contributed by atoms with Crippen molar-refractivity contribution < 1.29 is 33.6 Å². The van der Waals surface area contributed by atoms with Gasteiger partial charge in [0.25, 0.3) is 0 Å². The van der Waals surface area contributed by atoms with Crippen molar-refractivity contribution >= 4 is 17.3 Å². The van der Waals surface area contributed by atoms with Gasteiger partial charge < -0.3 is 30.1 Å². The number of ether oxygens (including phenoxy) is 2. The van der Waals surface area contributed by atoms with E-state index in [-0.39, 0.29) is 12.4 Å². The first-order valence-corrected chi connectivity index (χ1v) is 6.42. The first kappa shape index (κ1) is 16.2. The molecule has 1 heterocycles. The van der Waals surface area contributed by atoms with Gasteiger partial charge in [-0.15, -0.1) is 8.78 Å². The third-order valence-electron chi connectivity index (χ3n) is 2.90. The van der Waals surface area contributed by atoms with Crippen LogP contribution in [0.3, 0.4) is 0 Å². The zero-order chi connectivity index (χ0) is 15.6. The summed E-state index contributed by atoms with van der Waals surface area (Å²) in [5, 5.41) is 31.3. The van der Waals surface area contributed by atoms with Gasteiger partial charge in [-0.25, -0.2) is 0 Å². The summed E-state index contributed by atoms with van der Waals surface area (Å²) >= 11 is 4.64. The van der Waals surface area contributed by atoms with Crippen LogP contribution in [0.4, 0.5) is 14.5 Å². The van der Waals surface area contributed by atoms with Gasteiger partial charge in [0.15, 0.2) is 6.23 Å². The van der Waals surface area contributed by atoms with E-state index in [1.807, 2.05) is 0 Å². The standard InChI is InChI=1S/C12H14ClF2NO5/c13-12(14,15)21-7-3-1-6(2-4-7)16-11-10(19)9(18)8(17)5-20-11/h1-4,8-11,16-19H,5H2/t8-,9+,10-,11+/m1/s1. The normalized spacial score (nSPS) is 30.0. The number of halogens is 3. The molecule has 0 aliphatic carbocycles. The molecule has 0 saturated carbocycles. The van der Waals surface area contributed by atoms with Gasteiger partial charge in [-0.1, -0.05) is 0 Å². The highest BCUT2D eigenvalue weighted by Crippen LogP contribution is 2.26. The molecule has 1 fully saturated rings. The maximum Gasteiger partial charge on any atom is 0.487 e. The second-order valence-corrected chi connectivity index (χ2v) is 4.96. The predicted octanol–water partition coefficient (Wildman–Crippen LogP) is 0.705. The van der Waals surface area contributed by atoms with E-state index in [2.05, 4.69) is 21.7 Å². The summed E-state index contributed by atoms with van der Waals surface area (Å²) in [5.41, 5.74) is -3.36. The lowest BCUT2D eigenvalue weighted by molar-refractivity contribution is -0.178. The molecule has 0 spiro atoms. The van der Waals surface area contributed by atoms with Crippen LogP contribution < -0.4 is 10.1 Å². The van der Waals surface area contributed by atoms with Crippen LogP contribution in [0.15, 0.2) is 24.3 Å². The van der Waals surface area contributed by atoms with E-state index in [0.717, 1.165) is 0 Å². The number of anilines is 1. The second kappa shape index (κ2) is 6.29. The second-order valence-electron chi connectivity index (χ2n) is 4.52. The van der Waals surface area contributed by atoms with E-state index >= 15 is 0 Å². The smallest absolute Gasteiger partial charge is 0.420 e. The number of hydrogen-bond acceptors (Lipinski definition) is 6. The van der Waals surface area contributed by atoms with Crippen LogP contribution in [-0.4, -0.2) is 52.0 Å². The fraction of sp³-hybridized carbons (Fsp3) is 0.500. The van der Waals surface area contributed by atoms with Gasteiger partial charge in [0.1, 0.15) is 24.1 Å². The summed E-state index contributed by atoms with van der Waals surface area (Å²) in [6.45, 7) is -0.143. The lowest BCUT2D eigenvalue weighted by atomic mass is 10.0. The number of aliphatic hydroxyl groups excluding tert-OH is 3. The molecule has 0 unspecified atom stereocenters. The molecule has 9 heteroatoms. The Morgan fingerprint density at radius 3 is 2.38 bits per heavy atom. The highest BCUT2D eigenvalue weighted by Gasteiger charge is 2.37. The first-order chi connectivity index (χ1) is 9.76. The van der Waals surface area contributed by atoms with Crippen molar-refractivity contribution in [2.45, 2.75) is 30.1 Å². The van der Waals surface area contributed by atoms with Crippen LogP contribution in [0.2, 0.25) is 0 Å². The molecule has 1 aliphatic heterocycles. The Labute approximate surface area is 123 Å². The molecule has 1 saturated heterocycles. The van der Waals surface area contributed by atoms with E-state index < -0.39 is 30.1 Å². The monoisotopic (exact) mass is 325 g/mol. The number of alkyl halides is 3. The van der Waals surface area contributed by atoms with E-state index in [9.17, 15) is 24.1 Å². The van der Waals surface area contributed by atoms with Crippen LogP contribution in [0.5, 0.6) is 5.75 Å². The molecule has 0 amide bonds. The molecular weight excluding hydrogens is 312 g/mol. The van der Waals surface area contributed by atoms with Crippen molar-refractivity contribution in [2.75, 3.05) is 11.9 Å². The molecular formula is C12H14ClF2NO5. The zero-order valence-corrected chi connectivity index (χ0v) is 11.4. The summed E-state index contributed by atoms with van der Waals surface area (Å²) < 4.78 is 34.2. The molecule has 118 valence electrons. The average Bonchev–Trinajstić information content (AvgIpc) is 2.40. The zero-order valence-electron chi connectivity index (χ0n) is 10.6. The molecule has 1 aromatic carbocycles. The average molecular weight is 326 g/mol. The van der Waals surface area contributed by atoms with Gasteiger partial charge >= 0.3 is 5.57 Å². The Kier molecular flexibility index (Phi) is 4.84. The number of hydrogen-bond donors (Lipinski definition) is 4. The van der Waals surface area contributed by atoms with Crippen molar-refractivity contribution in [3.05, 3.63) is 24.3 Å². The van der Waals surface area contributed by atoms with Gasteiger partial charge in [0.05, 0.1) is 6.61 Å². The van der Waals surface area contributed by atoms with Gasteiger partial charge in [-0.2, -0.15) is 0 Å². The molecule has 21 heavy (non-hydrogen) atoms. The number of rotatable bonds is 4. The van der Waals surface area contributed by atoms with Crippen LogP contribution in [-0.2, 0) is 4.74 Å². The largest absolute Gasteiger partial charge is 0.487 e. The summed E-state index contributed by atoms with van der Waals surface area (Å²) in [4.78, 5) is 0. The quantitative estimate of drug-likeness (QED) is 0.609. The van der Waals surface area contributed by atoms with Crippen molar-refractivity contribution in [1.29, 1.82) is 0 Å². The predicted molar refractivity (Wildman–Crippen MR) is 69.3 cm³/mol. The minimum atomic E-state index is -3.79. The van der Waals surface area contributed by atoms with Gasteiger partial charge in [0.2, 0.25) is 0 Å². The van der Waals surface area contributed by atoms with Gasteiger partial charge in [-0.3, -0.25) is 0 Å². The molecule has 1 aliphatic rings. The Morgan fingerprint density at radius 1 is 1.19 bits per heavy atom. The first-order valence-electron chi connectivity index (χ1n) is 6.04. The van der Waals surface area contributed by atoms with Crippen molar-refractivity contribution in [1.82, 2.24) is 0 Å². The maximum absolute atomic E-state index is 12.4. The molecule has 1 aromatic rings. The Balaban J connectivity index is 1.97. The summed E-state index contributed by atoms with van der Waals surface area (Å²) in [6, 6.07) is 5.31. The van der Waals surface area contributed by atoms with Crippen molar-refractivity contribution in [2.24, 2.45) is 0 Å². The third-order valence-corrected chi connectivity index (χ3v) is 2.97. The van der Waals surface area contributed by atoms with E-state index in [1.165, 1.54) is 24.3 Å². The van der Waals surface area contributed by atoms with Crippen LogP contribution in [0.1, 0.15) is 0 Å². The van der Waals surface area contributed by atoms with Gasteiger partial charge in [-0.05, 0) is 24.3 Å². The molecule has 4 atom stereocenters. The third kappa shape index (κ3) is 4.39. The fourth-order valence-corrected chi connectivity index (χ4v) is 1.94. The minimum Gasteiger partial charge on any atom is -0.420 e. The van der Waals surface area contributed by atoms with Crippen LogP contribution in [0, 0.1) is 0 Å². The van der Waals surface area contributed by atoms with Crippen LogP contribution in [0.25, 0.3) is 0 Å². The van der Waals surface area contributed by atoms with Crippen molar-refractivity contribution in [3.63, 3.8) is 0 Å². The molecule has 6 nitrogen and oxygen atoms in total. The Hall–Kier alpha value is -1.19. The van der Waals surface area contributed by atoms with Crippen molar-refractivity contribution in [3.8, 4) is 5.75 Å². The maximum atomic E-state index is 12.4. The summed E-state index contributed by atoms with van der Waals surface area (Å²) in [5.74, 6) is -0.138. The van der Waals surface area contributed by atoms with Gasteiger partial charge in [0, 0.05) is 17.3 Å². The SMILES string of the molecule is O[C@@H]1[C@@H](O)[C@@H](Nc2ccc(OC(F)(F)Cl)cc2)OC[C@H]1O. The Morgan fingerprint density at radius 2 is 1.81 bits per heavy atom. The number of benzene rings is 1. The molecule has 2 rings (SSSR count). The highest BCUT2D eigenvalue weighted by molar-refractivity contribution is 6.20. The van der Waals surface area contributed by atoms with E-state index in [1.54, 1.807) is 0 Å². The Bertz CT molecular complexity index is 470. The van der Waals surface area contributed by atoms with Crippen LogP contribution >= 0.6 is 11.6 Å².